The lowest BCUT2D eigenvalue weighted by atomic mass is 10.2. The first-order valence-electron chi connectivity index (χ1n) is 7.94. The molecule has 0 aliphatic carbocycles. The summed E-state index contributed by atoms with van der Waals surface area (Å²) in [6.07, 6.45) is 3.36. The fourth-order valence-electron chi connectivity index (χ4n) is 2.23. The lowest BCUT2D eigenvalue weighted by Crippen LogP contribution is -2.21. The van der Waals surface area contributed by atoms with Gasteiger partial charge in [-0.25, -0.2) is 9.37 Å². The number of nitrogens with zero attached hydrogens (tertiary/aromatic N) is 3. The van der Waals surface area contributed by atoms with Crippen molar-refractivity contribution < 1.29 is 9.50 Å². The molecule has 0 fully saturated rings. The number of anilines is 3. The van der Waals surface area contributed by atoms with E-state index in [0.29, 0.717) is 27.6 Å². The van der Waals surface area contributed by atoms with Gasteiger partial charge in [-0.15, -0.1) is 0 Å². The van der Waals surface area contributed by atoms with Gasteiger partial charge >= 0.3 is 0 Å². The molecule has 8 heteroatoms. The van der Waals surface area contributed by atoms with E-state index < -0.39 is 5.82 Å². The number of hydrogen-bond donors (Lipinski definition) is 3. The number of rotatable bonds is 6. The van der Waals surface area contributed by atoms with Crippen molar-refractivity contribution in [2.24, 2.45) is 0 Å². The summed E-state index contributed by atoms with van der Waals surface area (Å²) in [5.74, 6) is 0.347. The van der Waals surface area contributed by atoms with E-state index >= 15 is 0 Å². The van der Waals surface area contributed by atoms with Crippen molar-refractivity contribution in [2.45, 2.75) is 13.0 Å². The summed E-state index contributed by atoms with van der Waals surface area (Å²) in [4.78, 5) is 12.9. The van der Waals surface area contributed by atoms with E-state index in [-0.39, 0.29) is 12.6 Å². The number of aliphatic hydroxyl groups excluding tert-OH is 1. The first-order valence-corrected chi connectivity index (χ1v) is 8.73. The van der Waals surface area contributed by atoms with Crippen LogP contribution in [0, 0.1) is 5.82 Å². The van der Waals surface area contributed by atoms with Crippen LogP contribution in [-0.2, 0) is 0 Å². The van der Waals surface area contributed by atoms with E-state index in [0.717, 1.165) is 5.56 Å². The minimum atomic E-state index is -0.404. The monoisotopic (exact) mass is 417 g/mol. The van der Waals surface area contributed by atoms with Gasteiger partial charge in [0.25, 0.3) is 0 Å². The molecular weight excluding hydrogens is 401 g/mol. The average Bonchev–Trinajstić information content (AvgIpc) is 2.64. The second-order valence-electron chi connectivity index (χ2n) is 5.68. The average molecular weight is 418 g/mol. The fourth-order valence-corrected chi connectivity index (χ4v) is 2.57. The fraction of sp³-hybridized carbons (Fsp3) is 0.167. The van der Waals surface area contributed by atoms with Crippen LogP contribution in [0.1, 0.15) is 6.92 Å². The molecule has 0 spiro atoms. The summed E-state index contributed by atoms with van der Waals surface area (Å²) < 4.78 is 14.8. The van der Waals surface area contributed by atoms with Crippen molar-refractivity contribution in [3.05, 3.63) is 59.1 Å². The minimum absolute atomic E-state index is 0.0649. The van der Waals surface area contributed by atoms with Crippen molar-refractivity contribution in [3.8, 4) is 11.3 Å². The molecule has 1 aromatic carbocycles. The molecule has 2 heterocycles. The highest BCUT2D eigenvalue weighted by Gasteiger charge is 2.11. The standard InChI is InChI=1S/C18H17BrFN5O/c1-11(10-26)22-18-24-16(12-3-2-6-21-9-12)8-17(25-18)23-15-5-4-13(19)7-14(15)20/h2-9,11,26H,10H2,1H3,(H2,22,23,24,25)/t11-/m1/s1. The first-order chi connectivity index (χ1) is 12.5. The van der Waals surface area contributed by atoms with Crippen LogP contribution in [-0.4, -0.2) is 32.7 Å². The van der Waals surface area contributed by atoms with Gasteiger partial charge in [0.2, 0.25) is 5.95 Å². The van der Waals surface area contributed by atoms with Crippen LogP contribution in [0.2, 0.25) is 0 Å². The molecule has 1 atom stereocenters. The largest absolute Gasteiger partial charge is 0.394 e. The van der Waals surface area contributed by atoms with Crippen LogP contribution in [0.4, 0.5) is 21.8 Å². The SMILES string of the molecule is C[C@H](CO)Nc1nc(Nc2ccc(Br)cc2F)cc(-c2cccnc2)n1. The molecule has 6 nitrogen and oxygen atoms in total. The molecule has 2 aromatic heterocycles. The van der Waals surface area contributed by atoms with Crippen LogP contribution in [0.15, 0.2) is 53.3 Å². The van der Waals surface area contributed by atoms with Gasteiger partial charge in [0, 0.05) is 34.5 Å². The summed E-state index contributed by atoms with van der Waals surface area (Å²) in [5.41, 5.74) is 1.72. The van der Waals surface area contributed by atoms with Gasteiger partial charge < -0.3 is 15.7 Å². The topological polar surface area (TPSA) is 83.0 Å². The van der Waals surface area contributed by atoms with Crippen molar-refractivity contribution in [2.75, 3.05) is 17.2 Å². The molecule has 0 saturated heterocycles. The Bertz CT molecular complexity index is 894. The zero-order valence-electron chi connectivity index (χ0n) is 13.9. The second-order valence-corrected chi connectivity index (χ2v) is 6.60. The third kappa shape index (κ3) is 4.53. The minimum Gasteiger partial charge on any atom is -0.394 e. The van der Waals surface area contributed by atoms with Gasteiger partial charge in [0.05, 0.1) is 18.0 Å². The zero-order valence-corrected chi connectivity index (χ0v) is 15.5. The quantitative estimate of drug-likeness (QED) is 0.562. The molecule has 134 valence electrons. The summed E-state index contributed by atoms with van der Waals surface area (Å²) in [6, 6.07) is 9.90. The molecule has 0 radical (unpaired) electrons. The Labute approximate surface area is 158 Å². The van der Waals surface area contributed by atoms with Gasteiger partial charge in [-0.05, 0) is 37.3 Å². The number of halogens is 2. The maximum atomic E-state index is 14.1. The van der Waals surface area contributed by atoms with Gasteiger partial charge in [-0.2, -0.15) is 4.98 Å². The Morgan fingerprint density at radius 3 is 2.77 bits per heavy atom. The predicted molar refractivity (Wildman–Crippen MR) is 103 cm³/mol. The van der Waals surface area contributed by atoms with E-state index in [2.05, 4.69) is 41.5 Å². The summed E-state index contributed by atoms with van der Waals surface area (Å²) in [7, 11) is 0. The van der Waals surface area contributed by atoms with Crippen molar-refractivity contribution in [1.82, 2.24) is 15.0 Å². The number of hydrogen-bond acceptors (Lipinski definition) is 6. The molecule has 0 amide bonds. The van der Waals surface area contributed by atoms with Gasteiger partial charge in [0.1, 0.15) is 11.6 Å². The van der Waals surface area contributed by atoms with E-state index in [1.807, 2.05) is 19.1 Å². The van der Waals surface area contributed by atoms with Crippen LogP contribution in [0.25, 0.3) is 11.3 Å². The van der Waals surface area contributed by atoms with Crippen LogP contribution in [0.5, 0.6) is 0 Å². The molecule has 0 bridgehead atoms. The molecule has 3 aromatic rings. The number of nitrogens with one attached hydrogen (secondary N) is 2. The zero-order chi connectivity index (χ0) is 18.5. The summed E-state index contributed by atoms with van der Waals surface area (Å²) in [6.45, 7) is 1.74. The lowest BCUT2D eigenvalue weighted by Gasteiger charge is -2.14. The van der Waals surface area contributed by atoms with Gasteiger partial charge in [0.15, 0.2) is 0 Å². The Balaban J connectivity index is 1.98. The molecule has 3 N–H and O–H groups in total. The Morgan fingerprint density at radius 1 is 1.23 bits per heavy atom. The van der Waals surface area contributed by atoms with Crippen LogP contribution >= 0.6 is 15.9 Å². The van der Waals surface area contributed by atoms with E-state index in [9.17, 15) is 9.50 Å². The Kier molecular flexibility index (Phi) is 5.75. The maximum absolute atomic E-state index is 14.1. The molecule has 0 aliphatic heterocycles. The maximum Gasteiger partial charge on any atom is 0.225 e. The molecule has 3 rings (SSSR count). The number of benzene rings is 1. The summed E-state index contributed by atoms with van der Waals surface area (Å²) in [5, 5.41) is 15.2. The molecule has 0 unspecified atom stereocenters. The smallest absolute Gasteiger partial charge is 0.225 e. The van der Waals surface area contributed by atoms with Crippen LogP contribution < -0.4 is 10.6 Å². The lowest BCUT2D eigenvalue weighted by molar-refractivity contribution is 0.281. The first kappa shape index (κ1) is 18.2. The third-order valence-electron chi connectivity index (χ3n) is 3.53. The van der Waals surface area contributed by atoms with E-state index in [4.69, 9.17) is 0 Å². The number of pyridine rings is 1. The third-order valence-corrected chi connectivity index (χ3v) is 4.02. The van der Waals surface area contributed by atoms with Crippen LogP contribution in [0.3, 0.4) is 0 Å². The van der Waals surface area contributed by atoms with E-state index in [1.54, 1.807) is 30.6 Å². The van der Waals surface area contributed by atoms with Crippen molar-refractivity contribution >= 4 is 33.4 Å². The van der Waals surface area contributed by atoms with Gasteiger partial charge in [-0.1, -0.05) is 15.9 Å². The van der Waals surface area contributed by atoms with E-state index in [1.165, 1.54) is 6.07 Å². The molecule has 0 saturated carbocycles. The van der Waals surface area contributed by atoms with Crippen molar-refractivity contribution in [1.29, 1.82) is 0 Å². The second kappa shape index (κ2) is 8.20. The molecule has 0 aliphatic rings. The highest BCUT2D eigenvalue weighted by molar-refractivity contribution is 9.10. The number of aromatic nitrogens is 3. The Morgan fingerprint density at radius 2 is 2.08 bits per heavy atom. The van der Waals surface area contributed by atoms with Crippen molar-refractivity contribution in [3.63, 3.8) is 0 Å². The number of aliphatic hydroxyl groups is 1. The highest BCUT2D eigenvalue weighted by atomic mass is 79.9. The Hall–Kier alpha value is -2.58. The predicted octanol–water partition coefficient (Wildman–Crippen LogP) is 3.98. The molecule has 26 heavy (non-hydrogen) atoms. The molecular formula is C18H17BrFN5O. The normalized spacial score (nSPS) is 11.8. The van der Waals surface area contributed by atoms with Gasteiger partial charge in [-0.3, -0.25) is 4.98 Å². The summed E-state index contributed by atoms with van der Waals surface area (Å²) >= 11 is 3.24. The highest BCUT2D eigenvalue weighted by Crippen LogP contribution is 2.26.